The van der Waals surface area contributed by atoms with E-state index >= 15 is 0 Å². The molecule has 0 aliphatic heterocycles. The molecule has 3 rings (SSSR count). The van der Waals surface area contributed by atoms with E-state index < -0.39 is 59.9 Å². The van der Waals surface area contributed by atoms with Crippen LogP contribution in [0, 0.1) is 5.92 Å². The molecule has 15 heteroatoms. The summed E-state index contributed by atoms with van der Waals surface area (Å²) in [6.07, 6.45) is 0.140. The van der Waals surface area contributed by atoms with E-state index in [1.54, 1.807) is 63.2 Å². The Balaban J connectivity index is 1.69. The Morgan fingerprint density at radius 1 is 0.830 bits per heavy atom. The van der Waals surface area contributed by atoms with Crippen LogP contribution in [0.1, 0.15) is 55.1 Å². The van der Waals surface area contributed by atoms with E-state index in [1.807, 2.05) is 0 Å². The van der Waals surface area contributed by atoms with Crippen LogP contribution in [0.2, 0.25) is 0 Å². The third-order valence-corrected chi connectivity index (χ3v) is 7.72. The molecule has 2 atom stereocenters. The number of alkyl carbamates (subject to hydrolysis) is 1. The van der Waals surface area contributed by atoms with Crippen molar-refractivity contribution < 1.29 is 58.3 Å². The number of amides is 3. The summed E-state index contributed by atoms with van der Waals surface area (Å²) < 4.78 is 15.7. The normalized spacial score (nSPS) is 12.1. The lowest BCUT2D eigenvalue weighted by Crippen LogP contribution is -2.49. The molecule has 284 valence electrons. The molecule has 2 unspecified atom stereocenters. The van der Waals surface area contributed by atoms with Gasteiger partial charge in [-0.05, 0) is 75.4 Å². The number of esters is 1. The summed E-state index contributed by atoms with van der Waals surface area (Å²) in [4.78, 5) is 75.5. The Hall–Kier alpha value is -6.12. The number of rotatable bonds is 17. The second-order valence-corrected chi connectivity index (χ2v) is 13.0. The molecule has 15 nitrogen and oxygen atoms in total. The minimum Gasteiger partial charge on any atom is -0.507 e. The van der Waals surface area contributed by atoms with Crippen LogP contribution in [0.15, 0.2) is 72.8 Å². The zero-order valence-electron chi connectivity index (χ0n) is 30.0. The van der Waals surface area contributed by atoms with Crippen molar-refractivity contribution in [1.82, 2.24) is 10.6 Å². The molecule has 3 amide bonds. The van der Waals surface area contributed by atoms with Crippen molar-refractivity contribution in [1.29, 1.82) is 0 Å². The molecule has 0 aliphatic rings. The van der Waals surface area contributed by atoms with Crippen LogP contribution in [0.5, 0.6) is 11.5 Å². The lowest BCUT2D eigenvalue weighted by molar-refractivity contribution is -0.149. The fourth-order valence-electron chi connectivity index (χ4n) is 5.17. The predicted octanol–water partition coefficient (Wildman–Crippen LogP) is 3.95. The third-order valence-electron chi connectivity index (χ3n) is 7.72. The van der Waals surface area contributed by atoms with Gasteiger partial charge >= 0.3 is 29.9 Å². The van der Waals surface area contributed by atoms with Crippen LogP contribution >= 0.6 is 0 Å². The molecule has 53 heavy (non-hydrogen) atoms. The van der Waals surface area contributed by atoms with Crippen molar-refractivity contribution in [2.75, 3.05) is 31.7 Å². The number of benzene rings is 3. The number of carboxylic acids is 2. The molecular formula is C38H45N3O12. The first-order valence-electron chi connectivity index (χ1n) is 16.8. The van der Waals surface area contributed by atoms with Crippen molar-refractivity contribution >= 4 is 41.5 Å². The Morgan fingerprint density at radius 3 is 2.09 bits per heavy atom. The number of nitrogens with zero attached hydrogens (tertiary/aromatic N) is 1. The highest BCUT2D eigenvalue weighted by molar-refractivity contribution is 6.37. The van der Waals surface area contributed by atoms with Crippen LogP contribution in [0.3, 0.4) is 0 Å². The summed E-state index contributed by atoms with van der Waals surface area (Å²) in [5.41, 5.74) is 0.433. The minimum atomic E-state index is -1.76. The number of unbranched alkanes of at least 4 members (excludes halogenated alkanes) is 1. The van der Waals surface area contributed by atoms with Gasteiger partial charge in [0, 0.05) is 25.2 Å². The minimum absolute atomic E-state index is 0.0130. The topological polar surface area (TPSA) is 218 Å². The third kappa shape index (κ3) is 13.2. The average Bonchev–Trinajstić information content (AvgIpc) is 3.10. The number of carboxylic acid groups (broad SMARTS) is 2. The first-order valence-corrected chi connectivity index (χ1v) is 16.8. The Bertz CT molecular complexity index is 1740. The zero-order chi connectivity index (χ0) is 39.1. The van der Waals surface area contributed by atoms with E-state index in [4.69, 9.17) is 14.2 Å². The van der Waals surface area contributed by atoms with Gasteiger partial charge in [0.25, 0.3) is 0 Å². The monoisotopic (exact) mass is 735 g/mol. The summed E-state index contributed by atoms with van der Waals surface area (Å²) in [5, 5.41) is 34.8. The molecule has 0 fully saturated rings. The maximum Gasteiger partial charge on any atom is 0.408 e. The molecule has 0 saturated carbocycles. The highest BCUT2D eigenvalue weighted by atomic mass is 16.6. The first-order chi connectivity index (χ1) is 25.1. The summed E-state index contributed by atoms with van der Waals surface area (Å²) >= 11 is 0. The average molecular weight is 736 g/mol. The quantitative estimate of drug-likeness (QED) is 0.0757. The summed E-state index contributed by atoms with van der Waals surface area (Å²) in [6.45, 7) is 4.98. The molecule has 0 aliphatic carbocycles. The van der Waals surface area contributed by atoms with E-state index in [0.29, 0.717) is 24.0 Å². The van der Waals surface area contributed by atoms with E-state index in [1.165, 1.54) is 37.4 Å². The SMILES string of the molecule is COC(=O)c1c(O)cccc1OCCCCNC(=O)C(Cc1ccc(N(CC(Cc2ccccc2)C(=O)O)C(=O)C(=O)O)cc1)NC(=O)OC(C)(C)C. The fraction of sp³-hybridized carbons (Fsp3) is 0.368. The number of nitrogens with one attached hydrogen (secondary N) is 2. The number of anilines is 1. The second kappa shape index (κ2) is 19.5. The lowest BCUT2D eigenvalue weighted by atomic mass is 9.98. The van der Waals surface area contributed by atoms with Crippen LogP contribution < -0.4 is 20.3 Å². The molecule has 0 saturated heterocycles. The van der Waals surface area contributed by atoms with Gasteiger partial charge in [0.2, 0.25) is 5.91 Å². The number of phenolic OH excluding ortho intramolecular Hbond substituents is 1. The molecule has 0 radical (unpaired) electrons. The van der Waals surface area contributed by atoms with Crippen molar-refractivity contribution in [2.45, 2.75) is 58.1 Å². The van der Waals surface area contributed by atoms with E-state index in [0.717, 1.165) is 4.90 Å². The number of aromatic hydroxyl groups is 1. The summed E-state index contributed by atoms with van der Waals surface area (Å²) in [5.74, 6) is -6.77. The molecule has 0 spiro atoms. The van der Waals surface area contributed by atoms with Crippen molar-refractivity contribution in [3.8, 4) is 11.5 Å². The maximum absolute atomic E-state index is 13.3. The molecule has 0 aromatic heterocycles. The Morgan fingerprint density at radius 2 is 1.49 bits per heavy atom. The van der Waals surface area contributed by atoms with Gasteiger partial charge in [0.1, 0.15) is 28.7 Å². The van der Waals surface area contributed by atoms with Gasteiger partial charge in [-0.3, -0.25) is 14.4 Å². The Kier molecular flexibility index (Phi) is 15.2. The van der Waals surface area contributed by atoms with Crippen LogP contribution in [-0.2, 0) is 41.5 Å². The predicted molar refractivity (Wildman–Crippen MR) is 192 cm³/mol. The highest BCUT2D eigenvalue weighted by Crippen LogP contribution is 2.28. The molecule has 3 aromatic rings. The second-order valence-electron chi connectivity index (χ2n) is 13.0. The van der Waals surface area contributed by atoms with Gasteiger partial charge in [-0.1, -0.05) is 48.5 Å². The van der Waals surface area contributed by atoms with Gasteiger partial charge in [-0.25, -0.2) is 14.4 Å². The van der Waals surface area contributed by atoms with E-state index in [2.05, 4.69) is 10.6 Å². The zero-order valence-corrected chi connectivity index (χ0v) is 30.0. The van der Waals surface area contributed by atoms with Gasteiger partial charge in [0.15, 0.2) is 0 Å². The van der Waals surface area contributed by atoms with Gasteiger partial charge < -0.3 is 45.1 Å². The molecule has 5 N–H and O–H groups in total. The number of phenols is 1. The van der Waals surface area contributed by atoms with Crippen LogP contribution in [0.25, 0.3) is 0 Å². The number of hydrogen-bond donors (Lipinski definition) is 5. The van der Waals surface area contributed by atoms with Gasteiger partial charge in [-0.2, -0.15) is 0 Å². The van der Waals surface area contributed by atoms with Crippen molar-refractivity contribution in [3.05, 3.63) is 89.5 Å². The number of hydrogen-bond acceptors (Lipinski definition) is 10. The molecular weight excluding hydrogens is 690 g/mol. The fourth-order valence-corrected chi connectivity index (χ4v) is 5.17. The summed E-state index contributed by atoms with van der Waals surface area (Å²) in [7, 11) is 1.19. The van der Waals surface area contributed by atoms with Crippen LogP contribution in [-0.4, -0.2) is 89.6 Å². The van der Waals surface area contributed by atoms with E-state index in [9.17, 15) is 44.1 Å². The number of carbonyl (C=O) groups excluding carboxylic acids is 4. The number of carbonyl (C=O) groups is 6. The first kappa shape index (κ1) is 41.3. The highest BCUT2D eigenvalue weighted by Gasteiger charge is 2.30. The Labute approximate surface area is 306 Å². The number of aliphatic carboxylic acids is 2. The number of ether oxygens (including phenoxy) is 3. The number of methoxy groups -OCH3 is 1. The standard InChI is InChI=1S/C38H45N3O12/c1-38(2,3)53-37(50)40-28(32(43)39-19-8-9-20-52-30-14-10-13-29(42)31(30)36(49)51-4)22-25-15-17-27(18-16-25)41(33(44)35(47)48)23-26(34(45)46)21-24-11-6-5-7-12-24/h5-7,10-18,26,28,42H,8-9,19-23H2,1-4H3,(H,39,43)(H,40,50)(H,45,46)(H,47,48). The van der Waals surface area contributed by atoms with Crippen LogP contribution in [0.4, 0.5) is 10.5 Å². The molecule has 3 aromatic carbocycles. The largest absolute Gasteiger partial charge is 0.507 e. The van der Waals surface area contributed by atoms with Gasteiger partial charge in [0.05, 0.1) is 19.6 Å². The lowest BCUT2D eigenvalue weighted by Gasteiger charge is -2.25. The van der Waals surface area contributed by atoms with E-state index in [-0.39, 0.29) is 48.7 Å². The summed E-state index contributed by atoms with van der Waals surface area (Å²) in [6, 6.07) is 18.0. The van der Waals surface area contributed by atoms with Crippen molar-refractivity contribution in [3.63, 3.8) is 0 Å². The van der Waals surface area contributed by atoms with Gasteiger partial charge in [-0.15, -0.1) is 0 Å². The smallest absolute Gasteiger partial charge is 0.408 e. The molecule has 0 heterocycles. The van der Waals surface area contributed by atoms with Crippen molar-refractivity contribution in [2.24, 2.45) is 5.92 Å². The maximum atomic E-state index is 13.3. The molecule has 0 bridgehead atoms.